The van der Waals surface area contributed by atoms with Crippen LogP contribution < -0.4 is 0 Å². The van der Waals surface area contributed by atoms with Crippen molar-refractivity contribution in [3.63, 3.8) is 0 Å². The highest BCUT2D eigenvalue weighted by atomic mass is 79.9. The van der Waals surface area contributed by atoms with Crippen molar-refractivity contribution in [2.75, 3.05) is 0 Å². The Hall–Kier alpha value is -0.610. The minimum Gasteiger partial charge on any atom is -0.258 e. The number of nitrogens with zero attached hydrogens (tertiary/aromatic N) is 1. The highest BCUT2D eigenvalue weighted by molar-refractivity contribution is 9.09. The molecule has 0 N–H and O–H groups in total. The summed E-state index contributed by atoms with van der Waals surface area (Å²) in [7, 11) is 0. The minimum absolute atomic E-state index is 0.0302. The maximum atomic E-state index is 10.7. The van der Waals surface area contributed by atoms with E-state index in [4.69, 9.17) is 11.6 Å². The molecule has 2 atom stereocenters. The van der Waals surface area contributed by atoms with Crippen LogP contribution in [-0.2, 0) is 0 Å². The van der Waals surface area contributed by atoms with Gasteiger partial charge in [0.1, 0.15) is 5.02 Å². The van der Waals surface area contributed by atoms with E-state index in [0.717, 1.165) is 11.1 Å². The highest BCUT2D eigenvalue weighted by Gasteiger charge is 2.19. The lowest BCUT2D eigenvalue weighted by atomic mass is 9.94. The summed E-state index contributed by atoms with van der Waals surface area (Å²) < 4.78 is 0. The van der Waals surface area contributed by atoms with E-state index >= 15 is 0 Å². The van der Waals surface area contributed by atoms with Crippen LogP contribution in [0.25, 0.3) is 0 Å². The quantitative estimate of drug-likeness (QED) is 0.470. The Morgan fingerprint density at radius 3 is 2.44 bits per heavy atom. The summed E-state index contributed by atoms with van der Waals surface area (Å²) in [6.45, 7) is 5.97. The molecule has 0 aliphatic heterocycles. The van der Waals surface area contributed by atoms with Crippen molar-refractivity contribution in [3.05, 3.63) is 38.4 Å². The summed E-state index contributed by atoms with van der Waals surface area (Å²) >= 11 is 9.39. The third-order valence-electron chi connectivity index (χ3n) is 2.71. The molecule has 0 amide bonds. The van der Waals surface area contributed by atoms with Gasteiger partial charge in [-0.25, -0.2) is 0 Å². The lowest BCUT2D eigenvalue weighted by Gasteiger charge is -2.17. The molecule has 0 spiro atoms. The Morgan fingerprint density at radius 1 is 1.44 bits per heavy atom. The number of nitro benzene ring substituents is 1. The van der Waals surface area contributed by atoms with E-state index in [0.29, 0.717) is 4.83 Å². The zero-order valence-electron chi connectivity index (χ0n) is 9.33. The summed E-state index contributed by atoms with van der Waals surface area (Å²) in [6, 6.07) is 3.22. The van der Waals surface area contributed by atoms with Gasteiger partial charge in [0, 0.05) is 10.9 Å². The summed E-state index contributed by atoms with van der Waals surface area (Å²) in [5, 5.41) is 10.9. The zero-order chi connectivity index (χ0) is 12.5. The SMILES string of the molecule is Cc1cc([N+](=O)[O-])c(Cl)cc1C(C)C(C)Br. The number of benzene rings is 1. The molecule has 0 fully saturated rings. The van der Waals surface area contributed by atoms with Gasteiger partial charge in [0.15, 0.2) is 0 Å². The van der Waals surface area contributed by atoms with Gasteiger partial charge < -0.3 is 0 Å². The van der Waals surface area contributed by atoms with Crippen molar-refractivity contribution < 1.29 is 4.92 Å². The molecule has 0 aliphatic rings. The topological polar surface area (TPSA) is 43.1 Å². The highest BCUT2D eigenvalue weighted by Crippen LogP contribution is 2.34. The number of hydrogen-bond donors (Lipinski definition) is 0. The van der Waals surface area contributed by atoms with E-state index in [1.165, 1.54) is 6.07 Å². The molecule has 5 heteroatoms. The van der Waals surface area contributed by atoms with Crippen molar-refractivity contribution in [1.29, 1.82) is 0 Å². The molecule has 0 aliphatic carbocycles. The smallest absolute Gasteiger partial charge is 0.258 e. The van der Waals surface area contributed by atoms with Crippen molar-refractivity contribution >= 4 is 33.2 Å². The lowest BCUT2D eigenvalue weighted by Crippen LogP contribution is -2.07. The average molecular weight is 307 g/mol. The van der Waals surface area contributed by atoms with Gasteiger partial charge in [-0.2, -0.15) is 0 Å². The molecular weight excluding hydrogens is 293 g/mol. The van der Waals surface area contributed by atoms with E-state index < -0.39 is 4.92 Å². The van der Waals surface area contributed by atoms with Crippen molar-refractivity contribution in [3.8, 4) is 0 Å². The summed E-state index contributed by atoms with van der Waals surface area (Å²) in [4.78, 5) is 10.5. The van der Waals surface area contributed by atoms with Crippen LogP contribution in [0.2, 0.25) is 5.02 Å². The minimum atomic E-state index is -0.457. The van der Waals surface area contributed by atoms with Gasteiger partial charge in [0.05, 0.1) is 4.92 Å². The first-order valence-electron chi connectivity index (χ1n) is 4.93. The molecule has 0 radical (unpaired) electrons. The van der Waals surface area contributed by atoms with Crippen molar-refractivity contribution in [1.82, 2.24) is 0 Å². The van der Waals surface area contributed by atoms with Gasteiger partial charge in [-0.05, 0) is 30.0 Å². The fourth-order valence-electron chi connectivity index (χ4n) is 1.56. The van der Waals surface area contributed by atoms with Crippen molar-refractivity contribution in [2.45, 2.75) is 31.5 Å². The standard InChI is InChI=1S/C11H13BrClNO2/c1-6-4-11(14(15)16)10(13)5-9(6)7(2)8(3)12/h4-5,7-8H,1-3H3. The predicted molar refractivity (Wildman–Crippen MR) is 69.6 cm³/mol. The number of aryl methyl sites for hydroxylation is 1. The van der Waals surface area contributed by atoms with Gasteiger partial charge in [-0.1, -0.05) is 41.4 Å². The first kappa shape index (κ1) is 13.5. The van der Waals surface area contributed by atoms with Crippen LogP contribution in [0.15, 0.2) is 12.1 Å². The van der Waals surface area contributed by atoms with Crippen LogP contribution in [0.4, 0.5) is 5.69 Å². The van der Waals surface area contributed by atoms with Crippen LogP contribution in [0.5, 0.6) is 0 Å². The van der Waals surface area contributed by atoms with Crippen molar-refractivity contribution in [2.24, 2.45) is 0 Å². The Labute approximate surface area is 108 Å². The normalized spacial score (nSPS) is 14.6. The van der Waals surface area contributed by atoms with Gasteiger partial charge in [-0.3, -0.25) is 10.1 Å². The number of halogens is 2. The molecule has 0 saturated carbocycles. The van der Waals surface area contributed by atoms with Gasteiger partial charge >= 0.3 is 0 Å². The van der Waals surface area contributed by atoms with E-state index in [1.54, 1.807) is 6.07 Å². The molecule has 0 saturated heterocycles. The van der Waals surface area contributed by atoms with Crippen LogP contribution >= 0.6 is 27.5 Å². The molecular formula is C11H13BrClNO2. The molecule has 1 aromatic carbocycles. The van der Waals surface area contributed by atoms with E-state index in [-0.39, 0.29) is 16.6 Å². The molecule has 0 aromatic heterocycles. The molecule has 16 heavy (non-hydrogen) atoms. The maximum absolute atomic E-state index is 10.7. The number of hydrogen-bond acceptors (Lipinski definition) is 2. The fraction of sp³-hybridized carbons (Fsp3) is 0.455. The molecule has 0 bridgehead atoms. The van der Waals surface area contributed by atoms with Crippen LogP contribution in [-0.4, -0.2) is 9.75 Å². The van der Waals surface area contributed by atoms with Crippen LogP contribution in [0, 0.1) is 17.0 Å². The molecule has 1 rings (SSSR count). The molecule has 0 heterocycles. The first-order chi connectivity index (χ1) is 7.34. The third-order valence-corrected chi connectivity index (χ3v) is 3.81. The molecule has 88 valence electrons. The van der Waals surface area contributed by atoms with Gasteiger partial charge in [0.25, 0.3) is 5.69 Å². The lowest BCUT2D eigenvalue weighted by molar-refractivity contribution is -0.384. The first-order valence-corrected chi connectivity index (χ1v) is 6.22. The number of nitro groups is 1. The maximum Gasteiger partial charge on any atom is 0.288 e. The number of rotatable bonds is 3. The molecule has 3 nitrogen and oxygen atoms in total. The van der Waals surface area contributed by atoms with Crippen LogP contribution in [0.1, 0.15) is 30.9 Å². The number of alkyl halides is 1. The fourth-order valence-corrected chi connectivity index (χ4v) is 2.09. The van der Waals surface area contributed by atoms with E-state index in [2.05, 4.69) is 22.9 Å². The van der Waals surface area contributed by atoms with Gasteiger partial charge in [-0.15, -0.1) is 0 Å². The molecule has 1 aromatic rings. The Bertz CT molecular complexity index is 421. The Morgan fingerprint density at radius 2 is 2.00 bits per heavy atom. The summed E-state index contributed by atoms with van der Waals surface area (Å²) in [6.07, 6.45) is 0. The Kier molecular flexibility index (Phi) is 4.33. The van der Waals surface area contributed by atoms with E-state index in [9.17, 15) is 10.1 Å². The summed E-state index contributed by atoms with van der Waals surface area (Å²) in [5.74, 6) is 0.262. The monoisotopic (exact) mass is 305 g/mol. The largest absolute Gasteiger partial charge is 0.288 e. The molecule has 2 unspecified atom stereocenters. The third kappa shape index (κ3) is 2.74. The Balaban J connectivity index is 3.25. The second-order valence-corrected chi connectivity index (χ2v) is 5.74. The second-order valence-electron chi connectivity index (χ2n) is 3.88. The van der Waals surface area contributed by atoms with Crippen LogP contribution in [0.3, 0.4) is 0 Å². The predicted octanol–water partition coefficient (Wildman–Crippen LogP) is 4.44. The van der Waals surface area contributed by atoms with E-state index in [1.807, 2.05) is 13.8 Å². The average Bonchev–Trinajstić information content (AvgIpc) is 2.19. The second kappa shape index (κ2) is 5.15. The zero-order valence-corrected chi connectivity index (χ0v) is 11.7. The summed E-state index contributed by atoms with van der Waals surface area (Å²) in [5.41, 5.74) is 1.91. The van der Waals surface area contributed by atoms with Gasteiger partial charge in [0.2, 0.25) is 0 Å².